The van der Waals surface area contributed by atoms with Crippen LogP contribution >= 0.6 is 22.9 Å². The second-order valence-corrected chi connectivity index (χ2v) is 9.25. The van der Waals surface area contributed by atoms with Gasteiger partial charge < -0.3 is 20.3 Å². The number of nitrogens with one attached hydrogen (secondary N) is 2. The van der Waals surface area contributed by atoms with Crippen LogP contribution in [0.15, 0.2) is 48.5 Å². The Balaban J connectivity index is 1.31. The van der Waals surface area contributed by atoms with Crippen molar-refractivity contribution in [1.29, 1.82) is 0 Å². The number of likely N-dealkylation sites (N-methyl/N-ethyl adjacent to an activating group) is 1. The van der Waals surface area contributed by atoms with Gasteiger partial charge in [0.2, 0.25) is 0 Å². The van der Waals surface area contributed by atoms with Crippen LogP contribution in [0, 0.1) is 0 Å². The number of halogens is 1. The molecule has 31 heavy (non-hydrogen) atoms. The summed E-state index contributed by atoms with van der Waals surface area (Å²) in [5, 5.41) is 7.99. The molecular formula is C23H20ClN3O3S. The molecule has 0 aliphatic carbocycles. The Morgan fingerprint density at radius 2 is 1.87 bits per heavy atom. The fourth-order valence-electron chi connectivity index (χ4n) is 3.89. The van der Waals surface area contributed by atoms with Crippen LogP contribution in [0.25, 0.3) is 0 Å². The van der Waals surface area contributed by atoms with Crippen molar-refractivity contribution in [2.24, 2.45) is 0 Å². The number of amides is 1. The summed E-state index contributed by atoms with van der Waals surface area (Å²) in [5.41, 5.74) is 3.27. The topological polar surface area (TPSA) is 70.7 Å². The molecule has 0 saturated heterocycles. The standard InChI is InChI=1S/C23H20ClN3O3S/c1-27-11-10-17-18(12-27)31-22-19(17)21(28)25-20(26-22)13-4-8-16(9-5-13)30-23(29)14-2-6-15(24)7-3-14/h2-9,20,26H,10-12H2,1H3,(H,25,28)/t20-/m0/s1. The molecule has 1 amide bonds. The van der Waals surface area contributed by atoms with Crippen LogP contribution in [-0.2, 0) is 13.0 Å². The molecule has 2 aliphatic heterocycles. The lowest BCUT2D eigenvalue weighted by molar-refractivity contribution is 0.0734. The van der Waals surface area contributed by atoms with Crippen LogP contribution < -0.4 is 15.4 Å². The first-order chi connectivity index (χ1) is 15.0. The predicted octanol–water partition coefficient (Wildman–Crippen LogP) is 4.46. The summed E-state index contributed by atoms with van der Waals surface area (Å²) in [6, 6.07) is 13.7. The van der Waals surface area contributed by atoms with Gasteiger partial charge in [0.1, 0.15) is 16.9 Å². The number of benzene rings is 2. The summed E-state index contributed by atoms with van der Waals surface area (Å²) in [6.07, 6.45) is 0.560. The van der Waals surface area contributed by atoms with Gasteiger partial charge in [-0.2, -0.15) is 0 Å². The van der Waals surface area contributed by atoms with E-state index < -0.39 is 5.97 Å². The average molecular weight is 454 g/mol. The number of anilines is 1. The number of nitrogens with zero attached hydrogens (tertiary/aromatic N) is 1. The molecule has 0 radical (unpaired) electrons. The van der Waals surface area contributed by atoms with Gasteiger partial charge in [-0.25, -0.2) is 4.79 Å². The number of carbonyl (C=O) groups is 2. The molecule has 0 fully saturated rings. The van der Waals surface area contributed by atoms with Crippen LogP contribution in [0.3, 0.4) is 0 Å². The number of hydrogen-bond donors (Lipinski definition) is 2. The third kappa shape index (κ3) is 3.92. The molecule has 2 aliphatic rings. The van der Waals surface area contributed by atoms with E-state index in [1.807, 2.05) is 12.1 Å². The smallest absolute Gasteiger partial charge is 0.343 e. The van der Waals surface area contributed by atoms with Crippen molar-refractivity contribution >= 4 is 39.8 Å². The van der Waals surface area contributed by atoms with Gasteiger partial charge in [0, 0.05) is 23.0 Å². The maximum Gasteiger partial charge on any atom is 0.343 e. The molecule has 0 spiro atoms. The van der Waals surface area contributed by atoms with Crippen molar-refractivity contribution in [3.8, 4) is 5.75 Å². The van der Waals surface area contributed by atoms with E-state index in [2.05, 4.69) is 22.6 Å². The van der Waals surface area contributed by atoms with Crippen LogP contribution in [-0.4, -0.2) is 30.4 Å². The largest absolute Gasteiger partial charge is 0.423 e. The quantitative estimate of drug-likeness (QED) is 0.452. The Morgan fingerprint density at radius 1 is 1.13 bits per heavy atom. The Morgan fingerprint density at radius 3 is 2.61 bits per heavy atom. The van der Waals surface area contributed by atoms with Crippen molar-refractivity contribution in [3.63, 3.8) is 0 Å². The number of ether oxygens (including phenoxy) is 1. The highest BCUT2D eigenvalue weighted by Crippen LogP contribution is 2.40. The lowest BCUT2D eigenvalue weighted by atomic mass is 10.0. The number of esters is 1. The highest BCUT2D eigenvalue weighted by atomic mass is 35.5. The van der Waals surface area contributed by atoms with E-state index in [0.29, 0.717) is 16.3 Å². The number of hydrogen-bond acceptors (Lipinski definition) is 6. The zero-order chi connectivity index (χ0) is 21.5. The second kappa shape index (κ2) is 8.00. The average Bonchev–Trinajstić information content (AvgIpc) is 3.12. The lowest BCUT2D eigenvalue weighted by Gasteiger charge is -2.27. The first kappa shape index (κ1) is 20.1. The van der Waals surface area contributed by atoms with Crippen molar-refractivity contribution in [2.75, 3.05) is 18.9 Å². The normalized spacial score (nSPS) is 17.9. The molecular weight excluding hydrogens is 434 g/mol. The zero-order valence-electron chi connectivity index (χ0n) is 16.8. The Kier molecular flexibility index (Phi) is 5.17. The maximum absolute atomic E-state index is 12.8. The molecule has 1 aromatic heterocycles. The van der Waals surface area contributed by atoms with Crippen molar-refractivity contribution in [3.05, 3.63) is 80.7 Å². The number of fused-ring (bicyclic) bond motifs is 3. The Bertz CT molecular complexity index is 1160. The fraction of sp³-hybridized carbons (Fsp3) is 0.217. The monoisotopic (exact) mass is 453 g/mol. The fourth-order valence-corrected chi connectivity index (χ4v) is 5.37. The van der Waals surface area contributed by atoms with Crippen LogP contribution in [0.1, 0.15) is 42.9 Å². The predicted molar refractivity (Wildman–Crippen MR) is 121 cm³/mol. The van der Waals surface area contributed by atoms with Crippen molar-refractivity contribution in [2.45, 2.75) is 19.1 Å². The van der Waals surface area contributed by atoms with Gasteiger partial charge in [-0.1, -0.05) is 23.7 Å². The molecule has 2 aromatic carbocycles. The molecule has 3 heterocycles. The molecule has 5 rings (SSSR count). The van der Waals surface area contributed by atoms with Gasteiger partial charge in [-0.3, -0.25) is 4.79 Å². The molecule has 1 atom stereocenters. The lowest BCUT2D eigenvalue weighted by Crippen LogP contribution is -2.38. The Labute approximate surface area is 188 Å². The van der Waals surface area contributed by atoms with E-state index in [-0.39, 0.29) is 12.1 Å². The molecule has 0 bridgehead atoms. The first-order valence-corrected chi connectivity index (χ1v) is 11.2. The Hall–Kier alpha value is -2.87. The van der Waals surface area contributed by atoms with Crippen LogP contribution in [0.5, 0.6) is 5.75 Å². The zero-order valence-corrected chi connectivity index (χ0v) is 18.3. The first-order valence-electron chi connectivity index (χ1n) is 9.96. The number of carbonyl (C=O) groups excluding carboxylic acids is 2. The molecule has 0 unspecified atom stereocenters. The van der Waals surface area contributed by atoms with Gasteiger partial charge >= 0.3 is 5.97 Å². The minimum Gasteiger partial charge on any atom is -0.423 e. The summed E-state index contributed by atoms with van der Waals surface area (Å²) >= 11 is 7.52. The van der Waals surface area contributed by atoms with E-state index in [1.54, 1.807) is 47.7 Å². The third-order valence-electron chi connectivity index (χ3n) is 5.53. The third-order valence-corrected chi connectivity index (χ3v) is 6.93. The van der Waals surface area contributed by atoms with Crippen LogP contribution in [0.4, 0.5) is 5.00 Å². The van der Waals surface area contributed by atoms with Gasteiger partial charge in [0.05, 0.1) is 11.1 Å². The molecule has 8 heteroatoms. The highest BCUT2D eigenvalue weighted by molar-refractivity contribution is 7.16. The van der Waals surface area contributed by atoms with E-state index in [0.717, 1.165) is 35.6 Å². The van der Waals surface area contributed by atoms with E-state index in [9.17, 15) is 9.59 Å². The minimum atomic E-state index is -0.452. The molecule has 0 saturated carbocycles. The molecule has 6 nitrogen and oxygen atoms in total. The van der Waals surface area contributed by atoms with Gasteiger partial charge in [-0.05, 0) is 61.0 Å². The van der Waals surface area contributed by atoms with Gasteiger partial charge in [0.25, 0.3) is 5.91 Å². The van der Waals surface area contributed by atoms with E-state index in [4.69, 9.17) is 16.3 Å². The molecule has 158 valence electrons. The second-order valence-electron chi connectivity index (χ2n) is 7.71. The van der Waals surface area contributed by atoms with E-state index in [1.165, 1.54) is 10.4 Å². The minimum absolute atomic E-state index is 0.0426. The number of rotatable bonds is 3. The highest BCUT2D eigenvalue weighted by Gasteiger charge is 2.32. The SMILES string of the molecule is CN1CCc2c(sc3c2C(=O)N[C@H](c2ccc(OC(=O)c4ccc(Cl)cc4)cc2)N3)C1. The van der Waals surface area contributed by atoms with Gasteiger partial charge in [0.15, 0.2) is 0 Å². The summed E-state index contributed by atoms with van der Waals surface area (Å²) in [5.74, 6) is -0.0625. The number of thiophene rings is 1. The summed E-state index contributed by atoms with van der Waals surface area (Å²) in [6.45, 7) is 1.84. The van der Waals surface area contributed by atoms with Crippen LogP contribution in [0.2, 0.25) is 5.02 Å². The van der Waals surface area contributed by atoms with Gasteiger partial charge in [-0.15, -0.1) is 11.3 Å². The summed E-state index contributed by atoms with van der Waals surface area (Å²) in [7, 11) is 2.10. The molecule has 2 N–H and O–H groups in total. The van der Waals surface area contributed by atoms with Crippen molar-refractivity contribution < 1.29 is 14.3 Å². The maximum atomic E-state index is 12.8. The molecule has 3 aromatic rings. The van der Waals surface area contributed by atoms with E-state index >= 15 is 0 Å². The summed E-state index contributed by atoms with van der Waals surface area (Å²) < 4.78 is 5.43. The summed E-state index contributed by atoms with van der Waals surface area (Å²) in [4.78, 5) is 28.6. The van der Waals surface area contributed by atoms with Crippen molar-refractivity contribution in [1.82, 2.24) is 10.2 Å².